The monoisotopic (exact) mass is 298 g/mol. The first-order valence-electron chi connectivity index (χ1n) is 6.92. The van der Waals surface area contributed by atoms with E-state index in [2.05, 4.69) is 12.2 Å². The molecule has 0 amide bonds. The molecular weight excluding hydrogens is 280 g/mol. The summed E-state index contributed by atoms with van der Waals surface area (Å²) in [6.45, 7) is 2.88. The van der Waals surface area contributed by atoms with Crippen molar-refractivity contribution in [2.75, 3.05) is 11.9 Å². The fourth-order valence-electron chi connectivity index (χ4n) is 2.51. The van der Waals surface area contributed by atoms with Gasteiger partial charge in [-0.2, -0.15) is 0 Å². The number of nitro groups is 1. The molecule has 0 spiro atoms. The molecular formula is C14H19ClN2O3. The highest BCUT2D eigenvalue weighted by Crippen LogP contribution is 2.29. The predicted octanol–water partition coefficient (Wildman–Crippen LogP) is 4.01. The molecule has 2 atom stereocenters. The standard InChI is InChI=1S/C14H19ClN2O3/c1-2-3-12-8-11(6-7-20-12)16-10-4-5-13(15)14(9-10)17(18)19/h4-5,9,11-12,16H,2-3,6-8H2,1H3. The van der Waals surface area contributed by atoms with E-state index in [-0.39, 0.29) is 16.8 Å². The van der Waals surface area contributed by atoms with Crippen molar-refractivity contribution in [2.45, 2.75) is 44.8 Å². The number of halogens is 1. The lowest BCUT2D eigenvalue weighted by Gasteiger charge is -2.30. The number of nitro benzene ring substituents is 1. The zero-order valence-electron chi connectivity index (χ0n) is 11.5. The van der Waals surface area contributed by atoms with E-state index in [9.17, 15) is 10.1 Å². The van der Waals surface area contributed by atoms with Crippen molar-refractivity contribution < 1.29 is 9.66 Å². The minimum atomic E-state index is -0.461. The Labute approximate surface area is 123 Å². The highest BCUT2D eigenvalue weighted by molar-refractivity contribution is 6.32. The van der Waals surface area contributed by atoms with Gasteiger partial charge < -0.3 is 10.1 Å². The van der Waals surface area contributed by atoms with Crippen molar-refractivity contribution in [3.63, 3.8) is 0 Å². The SMILES string of the molecule is CCCC1CC(Nc2ccc(Cl)c([N+](=O)[O-])c2)CCO1. The van der Waals surface area contributed by atoms with Gasteiger partial charge in [0.1, 0.15) is 5.02 Å². The van der Waals surface area contributed by atoms with Gasteiger partial charge in [-0.15, -0.1) is 0 Å². The molecule has 1 aliphatic heterocycles. The molecule has 2 rings (SSSR count). The Bertz CT molecular complexity index is 479. The number of nitrogens with one attached hydrogen (secondary N) is 1. The van der Waals surface area contributed by atoms with Crippen LogP contribution in [0.3, 0.4) is 0 Å². The number of hydrogen-bond donors (Lipinski definition) is 1. The second-order valence-electron chi connectivity index (χ2n) is 5.07. The average Bonchev–Trinajstić information content (AvgIpc) is 2.41. The molecule has 6 heteroatoms. The van der Waals surface area contributed by atoms with Crippen molar-refractivity contribution in [3.8, 4) is 0 Å². The van der Waals surface area contributed by atoms with E-state index < -0.39 is 4.92 Å². The summed E-state index contributed by atoms with van der Waals surface area (Å²) < 4.78 is 5.70. The van der Waals surface area contributed by atoms with E-state index in [1.165, 1.54) is 6.07 Å². The second-order valence-corrected chi connectivity index (χ2v) is 5.48. The first kappa shape index (κ1) is 15.1. The summed E-state index contributed by atoms with van der Waals surface area (Å²) in [6.07, 6.45) is 4.29. The summed E-state index contributed by atoms with van der Waals surface area (Å²) in [7, 11) is 0. The molecule has 0 saturated carbocycles. The molecule has 0 bridgehead atoms. The lowest BCUT2D eigenvalue weighted by molar-refractivity contribution is -0.384. The van der Waals surface area contributed by atoms with Crippen LogP contribution in [0.1, 0.15) is 32.6 Å². The third kappa shape index (κ3) is 3.84. The first-order valence-corrected chi connectivity index (χ1v) is 7.30. The van der Waals surface area contributed by atoms with E-state index in [4.69, 9.17) is 16.3 Å². The highest BCUT2D eigenvalue weighted by atomic mass is 35.5. The first-order chi connectivity index (χ1) is 9.60. The number of ether oxygens (including phenoxy) is 1. The van der Waals surface area contributed by atoms with Gasteiger partial charge in [0, 0.05) is 24.4 Å². The van der Waals surface area contributed by atoms with E-state index >= 15 is 0 Å². The van der Waals surface area contributed by atoms with Gasteiger partial charge >= 0.3 is 0 Å². The van der Waals surface area contributed by atoms with Crippen LogP contribution in [0.4, 0.5) is 11.4 Å². The number of hydrogen-bond acceptors (Lipinski definition) is 4. The van der Waals surface area contributed by atoms with Crippen LogP contribution in [0, 0.1) is 10.1 Å². The van der Waals surface area contributed by atoms with Crippen LogP contribution in [0.5, 0.6) is 0 Å². The zero-order chi connectivity index (χ0) is 14.5. The van der Waals surface area contributed by atoms with Crippen molar-refractivity contribution in [3.05, 3.63) is 33.3 Å². The molecule has 110 valence electrons. The topological polar surface area (TPSA) is 64.4 Å². The van der Waals surface area contributed by atoms with Crippen LogP contribution in [0.15, 0.2) is 18.2 Å². The van der Waals surface area contributed by atoms with Gasteiger partial charge in [0.25, 0.3) is 5.69 Å². The second kappa shape index (κ2) is 6.90. The molecule has 0 radical (unpaired) electrons. The lowest BCUT2D eigenvalue weighted by Crippen LogP contribution is -2.33. The third-order valence-electron chi connectivity index (χ3n) is 3.49. The third-order valence-corrected chi connectivity index (χ3v) is 3.81. The summed E-state index contributed by atoms with van der Waals surface area (Å²) in [5, 5.41) is 14.4. The number of rotatable bonds is 5. The maximum Gasteiger partial charge on any atom is 0.289 e. The van der Waals surface area contributed by atoms with Crippen molar-refractivity contribution >= 4 is 23.0 Å². The number of benzene rings is 1. The normalized spacial score (nSPS) is 22.5. The van der Waals surface area contributed by atoms with Crippen molar-refractivity contribution in [1.82, 2.24) is 0 Å². The van der Waals surface area contributed by atoms with Gasteiger partial charge in [0.15, 0.2) is 0 Å². The van der Waals surface area contributed by atoms with E-state index in [0.29, 0.717) is 6.04 Å². The van der Waals surface area contributed by atoms with Crippen molar-refractivity contribution in [1.29, 1.82) is 0 Å². The summed E-state index contributed by atoms with van der Waals surface area (Å²) in [4.78, 5) is 10.4. The van der Waals surface area contributed by atoms with Crippen LogP contribution in [-0.4, -0.2) is 23.7 Å². The van der Waals surface area contributed by atoms with Gasteiger partial charge in [0.2, 0.25) is 0 Å². The minimum absolute atomic E-state index is 0.0613. The fraction of sp³-hybridized carbons (Fsp3) is 0.571. The smallest absolute Gasteiger partial charge is 0.289 e. The Hall–Kier alpha value is -1.33. The van der Waals surface area contributed by atoms with Crippen LogP contribution in [0.25, 0.3) is 0 Å². The molecule has 1 aliphatic rings. The quantitative estimate of drug-likeness (QED) is 0.659. The summed E-state index contributed by atoms with van der Waals surface area (Å²) in [6, 6.07) is 5.12. The molecule has 0 aliphatic carbocycles. The zero-order valence-corrected chi connectivity index (χ0v) is 12.2. The lowest BCUT2D eigenvalue weighted by atomic mass is 10.00. The van der Waals surface area contributed by atoms with Crippen LogP contribution < -0.4 is 5.32 Å². The minimum Gasteiger partial charge on any atom is -0.382 e. The Morgan fingerprint density at radius 1 is 1.55 bits per heavy atom. The molecule has 1 fully saturated rings. The molecule has 1 heterocycles. The summed E-state index contributed by atoms with van der Waals surface area (Å²) in [5.74, 6) is 0. The molecule has 1 aromatic rings. The fourth-order valence-corrected chi connectivity index (χ4v) is 2.70. The van der Waals surface area contributed by atoms with Gasteiger partial charge in [-0.25, -0.2) is 0 Å². The predicted molar refractivity (Wildman–Crippen MR) is 79.4 cm³/mol. The number of nitrogens with zero attached hydrogens (tertiary/aromatic N) is 1. The Balaban J connectivity index is 2.02. The van der Waals surface area contributed by atoms with E-state index in [1.54, 1.807) is 12.1 Å². The van der Waals surface area contributed by atoms with Gasteiger partial charge in [-0.05, 0) is 31.4 Å². The maximum absolute atomic E-state index is 10.9. The Kier molecular flexibility index (Phi) is 5.20. The molecule has 1 saturated heterocycles. The molecule has 5 nitrogen and oxygen atoms in total. The molecule has 0 aromatic heterocycles. The Morgan fingerprint density at radius 3 is 3.05 bits per heavy atom. The van der Waals surface area contributed by atoms with Crippen LogP contribution in [-0.2, 0) is 4.74 Å². The van der Waals surface area contributed by atoms with Crippen molar-refractivity contribution in [2.24, 2.45) is 0 Å². The molecule has 20 heavy (non-hydrogen) atoms. The summed E-state index contributed by atoms with van der Waals surface area (Å²) in [5.41, 5.74) is 0.678. The summed E-state index contributed by atoms with van der Waals surface area (Å²) >= 11 is 5.81. The molecule has 1 N–H and O–H groups in total. The van der Waals surface area contributed by atoms with Gasteiger partial charge in [0.05, 0.1) is 11.0 Å². The molecule has 2 unspecified atom stereocenters. The van der Waals surface area contributed by atoms with E-state index in [0.717, 1.165) is 38.0 Å². The van der Waals surface area contributed by atoms with Gasteiger partial charge in [-0.3, -0.25) is 10.1 Å². The van der Waals surface area contributed by atoms with Crippen LogP contribution >= 0.6 is 11.6 Å². The largest absolute Gasteiger partial charge is 0.382 e. The Morgan fingerprint density at radius 2 is 2.35 bits per heavy atom. The maximum atomic E-state index is 10.9. The van der Waals surface area contributed by atoms with Gasteiger partial charge in [-0.1, -0.05) is 24.9 Å². The molecule has 1 aromatic carbocycles. The van der Waals surface area contributed by atoms with Crippen LogP contribution in [0.2, 0.25) is 5.02 Å². The average molecular weight is 299 g/mol. The van der Waals surface area contributed by atoms with E-state index in [1.807, 2.05) is 0 Å². The number of anilines is 1. The highest BCUT2D eigenvalue weighted by Gasteiger charge is 2.22.